The van der Waals surface area contributed by atoms with E-state index in [2.05, 4.69) is 15.0 Å². The number of thiazole rings is 1. The van der Waals surface area contributed by atoms with E-state index < -0.39 is 0 Å². The second-order valence-corrected chi connectivity index (χ2v) is 8.34. The molecule has 1 saturated heterocycles. The van der Waals surface area contributed by atoms with Crippen molar-refractivity contribution in [2.24, 2.45) is 0 Å². The predicted octanol–water partition coefficient (Wildman–Crippen LogP) is 2.39. The van der Waals surface area contributed by atoms with Gasteiger partial charge < -0.3 is 29.0 Å². The van der Waals surface area contributed by atoms with E-state index in [0.717, 1.165) is 5.56 Å². The van der Waals surface area contributed by atoms with E-state index in [-0.39, 0.29) is 18.0 Å². The number of piperazine rings is 1. The topological polar surface area (TPSA) is 111 Å². The number of aromatic hydroxyl groups is 1. The third kappa shape index (κ3) is 4.23. The normalized spacial score (nSPS) is 15.5. The van der Waals surface area contributed by atoms with E-state index in [1.807, 2.05) is 12.1 Å². The maximum absolute atomic E-state index is 12.2. The Hall–Kier alpha value is -3.25. The quantitative estimate of drug-likeness (QED) is 0.548. The summed E-state index contributed by atoms with van der Waals surface area (Å²) in [6.07, 6.45) is 1.09. The maximum Gasteiger partial charge on any atom is 0.409 e. The number of rotatable bonds is 7. The number of ether oxygens (including phenoxy) is 4. The lowest BCUT2D eigenvalue weighted by atomic mass is 10.0. The molecule has 2 aromatic heterocycles. The number of amides is 1. The Morgan fingerprint density at radius 3 is 2.33 bits per heavy atom. The highest BCUT2D eigenvalue weighted by molar-refractivity contribution is 7.17. The fraction of sp³-hybridized carbons (Fsp3) is 0.476. The van der Waals surface area contributed by atoms with Crippen molar-refractivity contribution in [2.45, 2.75) is 13.0 Å². The number of fused-ring (bicyclic) bond motifs is 1. The van der Waals surface area contributed by atoms with Gasteiger partial charge in [0.2, 0.25) is 16.6 Å². The Morgan fingerprint density at radius 1 is 1.12 bits per heavy atom. The second-order valence-electron chi connectivity index (χ2n) is 7.33. The van der Waals surface area contributed by atoms with Crippen LogP contribution in [0.1, 0.15) is 23.4 Å². The Labute approximate surface area is 195 Å². The Balaban J connectivity index is 1.76. The highest BCUT2D eigenvalue weighted by Crippen LogP contribution is 2.45. The van der Waals surface area contributed by atoms with Crippen LogP contribution < -0.4 is 14.2 Å². The molecular formula is C21H27N5O6S. The number of aromatic nitrogens is 3. The van der Waals surface area contributed by atoms with Crippen LogP contribution >= 0.6 is 11.3 Å². The minimum absolute atomic E-state index is 0.0269. The van der Waals surface area contributed by atoms with Gasteiger partial charge in [-0.3, -0.25) is 4.90 Å². The predicted molar refractivity (Wildman–Crippen MR) is 121 cm³/mol. The Kier molecular flexibility index (Phi) is 6.75. The van der Waals surface area contributed by atoms with Gasteiger partial charge in [0.25, 0.3) is 0 Å². The monoisotopic (exact) mass is 477 g/mol. The number of methoxy groups -OCH3 is 3. The van der Waals surface area contributed by atoms with Gasteiger partial charge in [0, 0.05) is 26.2 Å². The third-order valence-electron chi connectivity index (χ3n) is 5.60. The molecule has 12 heteroatoms. The molecule has 11 nitrogen and oxygen atoms in total. The number of carbonyl (C=O) groups excluding carboxylic acids is 1. The van der Waals surface area contributed by atoms with Gasteiger partial charge in [-0.2, -0.15) is 9.61 Å². The summed E-state index contributed by atoms with van der Waals surface area (Å²) in [5.41, 5.74) is 0.842. The zero-order chi connectivity index (χ0) is 23.5. The summed E-state index contributed by atoms with van der Waals surface area (Å²) in [5.74, 6) is 1.54. The van der Waals surface area contributed by atoms with Crippen LogP contribution in [0.2, 0.25) is 0 Å². The number of carbonyl (C=O) groups is 1. The summed E-state index contributed by atoms with van der Waals surface area (Å²) in [6.45, 7) is 4.28. The average molecular weight is 478 g/mol. The first-order chi connectivity index (χ1) is 16.0. The molecule has 0 bridgehead atoms. The van der Waals surface area contributed by atoms with Crippen molar-refractivity contribution < 1.29 is 28.8 Å². The van der Waals surface area contributed by atoms with Gasteiger partial charge in [-0.15, -0.1) is 0 Å². The van der Waals surface area contributed by atoms with Crippen molar-refractivity contribution in [3.63, 3.8) is 0 Å². The maximum atomic E-state index is 12.2. The van der Waals surface area contributed by atoms with E-state index in [9.17, 15) is 9.90 Å². The van der Waals surface area contributed by atoms with Gasteiger partial charge in [0.05, 0.1) is 38.9 Å². The molecule has 1 aliphatic rings. The SMILES string of the molecule is CCOC(=O)N1CCN([C@@H](c2cc(OC)c(OC)c(OC)c2)c2sc3ncnn3c2O)CC1. The highest BCUT2D eigenvalue weighted by atomic mass is 32.1. The minimum Gasteiger partial charge on any atom is -0.493 e. The molecule has 0 spiro atoms. The van der Waals surface area contributed by atoms with Crippen LogP contribution in [0, 0.1) is 0 Å². The van der Waals surface area contributed by atoms with Crippen LogP contribution in [0.4, 0.5) is 4.79 Å². The standard InChI is InChI=1S/C21H27N5O6S/c1-5-32-21(28)25-8-6-24(7-9-25)16(18-19(27)26-20(33-18)22-12-23-26)13-10-14(29-2)17(31-4)15(11-13)30-3/h10-12,16,27H,5-9H2,1-4H3/t16-/m0/s1. The number of hydrogen-bond acceptors (Lipinski definition) is 10. The van der Waals surface area contributed by atoms with Crippen LogP contribution in [-0.4, -0.2) is 89.7 Å². The minimum atomic E-state index is -0.350. The van der Waals surface area contributed by atoms with E-state index in [4.69, 9.17) is 18.9 Å². The summed E-state index contributed by atoms with van der Waals surface area (Å²) in [4.78, 5) is 21.6. The number of benzene rings is 1. The summed E-state index contributed by atoms with van der Waals surface area (Å²) in [7, 11) is 4.68. The molecule has 33 heavy (non-hydrogen) atoms. The van der Waals surface area contributed by atoms with Gasteiger partial charge in [-0.05, 0) is 24.6 Å². The molecule has 3 aromatic rings. The molecule has 4 rings (SSSR count). The zero-order valence-electron chi connectivity index (χ0n) is 19.0. The summed E-state index contributed by atoms with van der Waals surface area (Å²) >= 11 is 1.36. The van der Waals surface area contributed by atoms with E-state index in [1.165, 1.54) is 22.2 Å². The molecule has 1 N–H and O–H groups in total. The van der Waals surface area contributed by atoms with Crippen LogP contribution in [-0.2, 0) is 4.74 Å². The smallest absolute Gasteiger partial charge is 0.409 e. The molecule has 1 aliphatic heterocycles. The summed E-state index contributed by atoms with van der Waals surface area (Å²) in [6, 6.07) is 3.40. The van der Waals surface area contributed by atoms with Crippen LogP contribution in [0.3, 0.4) is 0 Å². The lowest BCUT2D eigenvalue weighted by Crippen LogP contribution is -2.49. The first-order valence-corrected chi connectivity index (χ1v) is 11.3. The molecule has 0 radical (unpaired) electrons. The second kappa shape index (κ2) is 9.71. The van der Waals surface area contributed by atoms with E-state index in [0.29, 0.717) is 59.9 Å². The molecule has 178 valence electrons. The largest absolute Gasteiger partial charge is 0.493 e. The molecule has 0 saturated carbocycles. The van der Waals surface area contributed by atoms with Gasteiger partial charge in [-0.25, -0.2) is 9.78 Å². The van der Waals surface area contributed by atoms with Gasteiger partial charge in [-0.1, -0.05) is 11.3 Å². The Bertz CT molecular complexity index is 1100. The van der Waals surface area contributed by atoms with Crippen molar-refractivity contribution in [1.29, 1.82) is 0 Å². The molecule has 1 amide bonds. The summed E-state index contributed by atoms with van der Waals surface area (Å²) in [5, 5.41) is 15.1. The highest BCUT2D eigenvalue weighted by Gasteiger charge is 2.34. The fourth-order valence-electron chi connectivity index (χ4n) is 4.04. The third-order valence-corrected chi connectivity index (χ3v) is 6.68. The van der Waals surface area contributed by atoms with Gasteiger partial charge in [0.1, 0.15) is 6.33 Å². The average Bonchev–Trinajstić information content (AvgIpc) is 3.42. The number of hydrogen-bond donors (Lipinski definition) is 1. The van der Waals surface area contributed by atoms with Crippen molar-refractivity contribution >= 4 is 22.4 Å². The lowest BCUT2D eigenvalue weighted by molar-refractivity contribution is 0.0715. The van der Waals surface area contributed by atoms with Crippen molar-refractivity contribution in [3.05, 3.63) is 28.9 Å². The van der Waals surface area contributed by atoms with Crippen molar-refractivity contribution in [3.8, 4) is 23.1 Å². The van der Waals surface area contributed by atoms with Gasteiger partial charge in [0.15, 0.2) is 11.5 Å². The molecular weight excluding hydrogens is 450 g/mol. The molecule has 3 heterocycles. The summed E-state index contributed by atoms with van der Waals surface area (Å²) < 4.78 is 23.2. The molecule has 1 atom stereocenters. The molecule has 0 unspecified atom stereocenters. The van der Waals surface area contributed by atoms with Crippen LogP contribution in [0.25, 0.3) is 4.96 Å². The fourth-order valence-corrected chi connectivity index (χ4v) is 5.13. The Morgan fingerprint density at radius 2 is 1.79 bits per heavy atom. The molecule has 1 fully saturated rings. The first kappa shape index (κ1) is 22.9. The lowest BCUT2D eigenvalue weighted by Gasteiger charge is -2.38. The van der Waals surface area contributed by atoms with E-state index >= 15 is 0 Å². The van der Waals surface area contributed by atoms with Crippen molar-refractivity contribution in [1.82, 2.24) is 24.4 Å². The van der Waals surface area contributed by atoms with Gasteiger partial charge >= 0.3 is 6.09 Å². The molecule has 1 aromatic carbocycles. The van der Waals surface area contributed by atoms with E-state index in [1.54, 1.807) is 33.2 Å². The van der Waals surface area contributed by atoms with Crippen LogP contribution in [0.15, 0.2) is 18.5 Å². The number of nitrogens with zero attached hydrogens (tertiary/aromatic N) is 5. The zero-order valence-corrected chi connectivity index (χ0v) is 19.8. The van der Waals surface area contributed by atoms with Crippen molar-refractivity contribution in [2.75, 3.05) is 54.1 Å². The first-order valence-electron chi connectivity index (χ1n) is 10.5. The van der Waals surface area contributed by atoms with Crippen LogP contribution in [0.5, 0.6) is 23.1 Å². The molecule has 0 aliphatic carbocycles.